The topological polar surface area (TPSA) is 113 Å². The fraction of sp³-hybridized carbons (Fsp3) is 0.500. The van der Waals surface area contributed by atoms with Crippen molar-refractivity contribution in [2.24, 2.45) is 5.73 Å². The van der Waals surface area contributed by atoms with Crippen LogP contribution in [0.1, 0.15) is 58.4 Å². The first kappa shape index (κ1) is 17.5. The van der Waals surface area contributed by atoms with E-state index in [1.807, 2.05) is 6.07 Å². The molecule has 3 fully saturated rings. The molecular formula is C20H22N4O4. The zero-order valence-electron chi connectivity index (χ0n) is 15.4. The minimum atomic E-state index is -0.931. The molecule has 2 bridgehead atoms. The van der Waals surface area contributed by atoms with Crippen molar-refractivity contribution in [2.75, 3.05) is 6.54 Å². The maximum Gasteiger partial charge on any atom is 0.262 e. The first-order valence-electron chi connectivity index (χ1n) is 9.72. The van der Waals surface area contributed by atoms with E-state index in [9.17, 15) is 19.2 Å². The SMILES string of the molecule is NC12CCC(C1)N(Cc1ccc3c(c1)C(=O)N(C1CCC(=O)NC1=O)C3=O)C2. The molecule has 8 nitrogen and oxygen atoms in total. The number of hydrogen-bond acceptors (Lipinski definition) is 6. The summed E-state index contributed by atoms with van der Waals surface area (Å²) in [6, 6.07) is 4.85. The van der Waals surface area contributed by atoms with Gasteiger partial charge < -0.3 is 5.73 Å². The van der Waals surface area contributed by atoms with Gasteiger partial charge in [-0.3, -0.25) is 34.3 Å². The van der Waals surface area contributed by atoms with Crippen LogP contribution < -0.4 is 11.1 Å². The summed E-state index contributed by atoms with van der Waals surface area (Å²) in [6.45, 7) is 1.54. The monoisotopic (exact) mass is 382 g/mol. The van der Waals surface area contributed by atoms with Gasteiger partial charge >= 0.3 is 0 Å². The number of imide groups is 2. The molecule has 3 N–H and O–H groups in total. The molecule has 4 aliphatic rings. The Balaban J connectivity index is 1.37. The van der Waals surface area contributed by atoms with Crippen LogP contribution in [-0.2, 0) is 16.1 Å². The lowest BCUT2D eigenvalue weighted by molar-refractivity contribution is -0.136. The van der Waals surface area contributed by atoms with Crippen molar-refractivity contribution >= 4 is 23.6 Å². The van der Waals surface area contributed by atoms with Crippen molar-refractivity contribution in [3.05, 3.63) is 34.9 Å². The molecule has 0 spiro atoms. The summed E-state index contributed by atoms with van der Waals surface area (Å²) in [5, 5.41) is 2.21. The molecule has 5 rings (SSSR count). The van der Waals surface area contributed by atoms with Gasteiger partial charge in [-0.1, -0.05) is 6.07 Å². The van der Waals surface area contributed by atoms with Crippen LogP contribution in [0.4, 0.5) is 0 Å². The predicted octanol–water partition coefficient (Wildman–Crippen LogP) is 0.153. The molecule has 0 aromatic heterocycles. The summed E-state index contributed by atoms with van der Waals surface area (Å²) in [5.74, 6) is -1.90. The van der Waals surface area contributed by atoms with Gasteiger partial charge in [-0.25, -0.2) is 0 Å². The van der Waals surface area contributed by atoms with Gasteiger partial charge in [0.2, 0.25) is 11.8 Å². The van der Waals surface area contributed by atoms with Gasteiger partial charge in [0, 0.05) is 31.1 Å². The summed E-state index contributed by atoms with van der Waals surface area (Å²) in [6.07, 6.45) is 3.45. The van der Waals surface area contributed by atoms with Gasteiger partial charge in [0.15, 0.2) is 0 Å². The maximum atomic E-state index is 12.9. The number of hydrogen-bond donors (Lipinski definition) is 2. The summed E-state index contributed by atoms with van der Waals surface area (Å²) in [7, 11) is 0. The van der Waals surface area contributed by atoms with E-state index < -0.39 is 23.8 Å². The minimum Gasteiger partial charge on any atom is -0.324 e. The van der Waals surface area contributed by atoms with Crippen molar-refractivity contribution in [1.82, 2.24) is 15.1 Å². The Hall–Kier alpha value is -2.58. The van der Waals surface area contributed by atoms with Crippen molar-refractivity contribution in [1.29, 1.82) is 0 Å². The van der Waals surface area contributed by atoms with Crippen LogP contribution in [0.3, 0.4) is 0 Å². The smallest absolute Gasteiger partial charge is 0.262 e. The molecule has 0 radical (unpaired) electrons. The first-order valence-corrected chi connectivity index (χ1v) is 9.72. The Morgan fingerprint density at radius 1 is 1.11 bits per heavy atom. The highest BCUT2D eigenvalue weighted by Crippen LogP contribution is 2.40. The second-order valence-corrected chi connectivity index (χ2v) is 8.49. The number of benzene rings is 1. The number of likely N-dealkylation sites (tertiary alicyclic amines) is 1. The van der Waals surface area contributed by atoms with Gasteiger partial charge in [0.1, 0.15) is 6.04 Å². The van der Waals surface area contributed by atoms with Crippen molar-refractivity contribution in [2.45, 2.75) is 56.3 Å². The normalized spacial score (nSPS) is 32.2. The zero-order chi connectivity index (χ0) is 19.6. The average molecular weight is 382 g/mol. The van der Waals surface area contributed by atoms with Gasteiger partial charge in [0.05, 0.1) is 11.1 Å². The van der Waals surface area contributed by atoms with Gasteiger partial charge in [0.25, 0.3) is 11.8 Å². The molecule has 28 heavy (non-hydrogen) atoms. The molecule has 1 aliphatic carbocycles. The number of carbonyl (C=O) groups is 4. The second-order valence-electron chi connectivity index (χ2n) is 8.49. The molecule has 3 heterocycles. The Morgan fingerprint density at radius 3 is 2.57 bits per heavy atom. The number of nitrogens with one attached hydrogen (secondary N) is 1. The van der Waals surface area contributed by atoms with E-state index in [0.29, 0.717) is 23.7 Å². The van der Waals surface area contributed by atoms with Crippen LogP contribution >= 0.6 is 0 Å². The fourth-order valence-electron chi connectivity index (χ4n) is 5.15. The van der Waals surface area contributed by atoms with Crippen molar-refractivity contribution in [3.8, 4) is 0 Å². The van der Waals surface area contributed by atoms with Gasteiger partial charge in [-0.05, 0) is 43.4 Å². The molecule has 1 saturated carbocycles. The number of rotatable bonds is 3. The number of nitrogens with zero attached hydrogens (tertiary/aromatic N) is 2. The number of carbonyl (C=O) groups excluding carboxylic acids is 4. The van der Waals surface area contributed by atoms with Gasteiger partial charge in [-0.15, -0.1) is 0 Å². The van der Waals surface area contributed by atoms with E-state index in [2.05, 4.69) is 10.2 Å². The Labute approximate surface area is 162 Å². The van der Waals surface area contributed by atoms with E-state index in [1.54, 1.807) is 12.1 Å². The maximum absolute atomic E-state index is 12.9. The summed E-state index contributed by atoms with van der Waals surface area (Å²) >= 11 is 0. The highest BCUT2D eigenvalue weighted by molar-refractivity contribution is 6.23. The minimum absolute atomic E-state index is 0.0875. The van der Waals surface area contributed by atoms with Crippen molar-refractivity contribution in [3.63, 3.8) is 0 Å². The zero-order valence-corrected chi connectivity index (χ0v) is 15.4. The molecule has 4 amide bonds. The van der Waals surface area contributed by atoms with E-state index in [4.69, 9.17) is 5.73 Å². The lowest BCUT2D eigenvalue weighted by Gasteiger charge is -2.30. The van der Waals surface area contributed by atoms with E-state index >= 15 is 0 Å². The average Bonchev–Trinajstić information content (AvgIpc) is 3.25. The van der Waals surface area contributed by atoms with Crippen LogP contribution in [0.15, 0.2) is 18.2 Å². The Bertz CT molecular complexity index is 929. The van der Waals surface area contributed by atoms with Crippen LogP contribution in [0.25, 0.3) is 0 Å². The van der Waals surface area contributed by atoms with Crippen molar-refractivity contribution < 1.29 is 19.2 Å². The molecule has 3 atom stereocenters. The highest BCUT2D eigenvalue weighted by Gasteiger charge is 2.47. The van der Waals surface area contributed by atoms with E-state index in [1.165, 1.54) is 0 Å². The third-order valence-corrected chi connectivity index (χ3v) is 6.54. The number of amides is 4. The highest BCUT2D eigenvalue weighted by atomic mass is 16.2. The molecule has 1 aromatic carbocycles. The fourth-order valence-corrected chi connectivity index (χ4v) is 5.15. The number of fused-ring (bicyclic) bond motifs is 3. The molecule has 146 valence electrons. The van der Waals surface area contributed by atoms with Crippen LogP contribution in [0, 0.1) is 0 Å². The molecule has 3 aliphatic heterocycles. The van der Waals surface area contributed by atoms with Crippen LogP contribution in [0.5, 0.6) is 0 Å². The molecule has 1 aromatic rings. The molecule has 8 heteroatoms. The number of nitrogens with two attached hydrogens (primary N) is 1. The first-order chi connectivity index (χ1) is 13.3. The summed E-state index contributed by atoms with van der Waals surface area (Å²) < 4.78 is 0. The lowest BCUT2D eigenvalue weighted by Crippen LogP contribution is -2.54. The Morgan fingerprint density at radius 2 is 1.89 bits per heavy atom. The second kappa shape index (κ2) is 5.96. The summed E-state index contributed by atoms with van der Waals surface area (Å²) in [5.41, 5.74) is 7.91. The van der Waals surface area contributed by atoms with E-state index in [0.717, 1.165) is 36.3 Å². The predicted molar refractivity (Wildman–Crippen MR) is 98.1 cm³/mol. The largest absolute Gasteiger partial charge is 0.324 e. The number of piperidine rings is 2. The lowest BCUT2D eigenvalue weighted by atomic mass is 10.0. The summed E-state index contributed by atoms with van der Waals surface area (Å²) in [4.78, 5) is 52.5. The molecule has 2 saturated heterocycles. The molecular weight excluding hydrogens is 360 g/mol. The van der Waals surface area contributed by atoms with Gasteiger partial charge in [-0.2, -0.15) is 0 Å². The van der Waals surface area contributed by atoms with E-state index in [-0.39, 0.29) is 24.3 Å². The molecule has 3 unspecified atom stereocenters. The quantitative estimate of drug-likeness (QED) is 0.720. The Kier molecular flexibility index (Phi) is 3.73. The standard InChI is InChI=1S/C20H22N4O4/c21-20-6-5-12(8-20)23(10-20)9-11-1-2-13-14(7-11)19(28)24(18(13)27)15-3-4-16(25)22-17(15)26/h1-2,7,12,15H,3-6,8-10,21H2,(H,22,25,26). The van der Waals surface area contributed by atoms with Crippen LogP contribution in [0.2, 0.25) is 0 Å². The third-order valence-electron chi connectivity index (χ3n) is 6.54. The van der Waals surface area contributed by atoms with Crippen LogP contribution in [-0.4, -0.2) is 57.6 Å². The third kappa shape index (κ3) is 2.59.